The number of hydrogen-bond acceptors (Lipinski definition) is 3. The molecule has 4 heteroatoms. The average molecular weight is 248 g/mol. The summed E-state index contributed by atoms with van der Waals surface area (Å²) in [6.45, 7) is 2.11. The quantitative estimate of drug-likeness (QED) is 0.858. The van der Waals surface area contributed by atoms with E-state index in [1.807, 2.05) is 12.1 Å². The summed E-state index contributed by atoms with van der Waals surface area (Å²) >= 11 is 0. The first-order valence-electron chi connectivity index (χ1n) is 6.55. The van der Waals surface area contributed by atoms with E-state index < -0.39 is 5.97 Å². The van der Waals surface area contributed by atoms with Crippen molar-refractivity contribution in [2.75, 3.05) is 0 Å². The molecule has 1 aliphatic rings. The Morgan fingerprint density at radius 2 is 2.17 bits per heavy atom. The molecule has 2 rings (SSSR count). The van der Waals surface area contributed by atoms with Crippen molar-refractivity contribution in [2.45, 2.75) is 44.7 Å². The number of carboxylic acid groups (broad SMARTS) is 1. The van der Waals surface area contributed by atoms with Gasteiger partial charge in [-0.15, -0.1) is 0 Å². The molecule has 98 valence electrons. The van der Waals surface area contributed by atoms with Crippen LogP contribution in [-0.4, -0.2) is 22.1 Å². The molecule has 1 fully saturated rings. The second kappa shape index (κ2) is 5.96. The molecule has 2 N–H and O–H groups in total. The third-order valence-corrected chi connectivity index (χ3v) is 3.72. The summed E-state index contributed by atoms with van der Waals surface area (Å²) in [5.74, 6) is -0.834. The minimum atomic E-state index is -0.655. The smallest absolute Gasteiger partial charge is 0.306 e. The van der Waals surface area contributed by atoms with Crippen LogP contribution >= 0.6 is 0 Å². The molecule has 1 saturated carbocycles. The summed E-state index contributed by atoms with van der Waals surface area (Å²) in [6, 6.07) is 4.54. The monoisotopic (exact) mass is 248 g/mol. The van der Waals surface area contributed by atoms with Crippen LogP contribution in [0.3, 0.4) is 0 Å². The fourth-order valence-electron chi connectivity index (χ4n) is 2.67. The van der Waals surface area contributed by atoms with Gasteiger partial charge in [-0.1, -0.05) is 6.42 Å². The summed E-state index contributed by atoms with van der Waals surface area (Å²) in [6.07, 6.45) is 7.20. The number of pyridine rings is 1. The molecular weight excluding hydrogens is 228 g/mol. The second-order valence-corrected chi connectivity index (χ2v) is 5.07. The maximum absolute atomic E-state index is 11.0. The number of aliphatic carboxylic acids is 1. The van der Waals surface area contributed by atoms with Gasteiger partial charge in [0.25, 0.3) is 0 Å². The van der Waals surface area contributed by atoms with E-state index in [1.54, 1.807) is 12.4 Å². The molecular formula is C14H20N2O2. The van der Waals surface area contributed by atoms with E-state index in [1.165, 1.54) is 5.56 Å². The van der Waals surface area contributed by atoms with Crippen LogP contribution in [-0.2, 0) is 4.79 Å². The number of carbonyl (C=O) groups is 1. The molecule has 18 heavy (non-hydrogen) atoms. The van der Waals surface area contributed by atoms with Crippen molar-refractivity contribution in [1.82, 2.24) is 10.3 Å². The number of hydrogen-bond donors (Lipinski definition) is 2. The van der Waals surface area contributed by atoms with Gasteiger partial charge < -0.3 is 10.4 Å². The number of nitrogens with one attached hydrogen (secondary N) is 1. The maximum atomic E-state index is 11.0. The summed E-state index contributed by atoms with van der Waals surface area (Å²) in [4.78, 5) is 15.0. The lowest BCUT2D eigenvalue weighted by Crippen LogP contribution is -2.37. The molecule has 1 heterocycles. The third kappa shape index (κ3) is 3.29. The molecule has 0 aliphatic heterocycles. The predicted octanol–water partition coefficient (Wildman–Crippen LogP) is 2.38. The van der Waals surface area contributed by atoms with Crippen molar-refractivity contribution >= 4 is 5.97 Å². The van der Waals surface area contributed by atoms with E-state index in [0.717, 1.165) is 25.7 Å². The zero-order chi connectivity index (χ0) is 13.0. The van der Waals surface area contributed by atoms with Gasteiger partial charge in [0, 0.05) is 24.5 Å². The zero-order valence-electron chi connectivity index (χ0n) is 10.7. The van der Waals surface area contributed by atoms with Gasteiger partial charge in [-0.25, -0.2) is 0 Å². The second-order valence-electron chi connectivity index (χ2n) is 5.07. The van der Waals surface area contributed by atoms with Crippen molar-refractivity contribution in [3.8, 4) is 0 Å². The molecule has 0 amide bonds. The van der Waals surface area contributed by atoms with Crippen LogP contribution in [0.4, 0.5) is 0 Å². The van der Waals surface area contributed by atoms with E-state index in [4.69, 9.17) is 5.11 Å². The topological polar surface area (TPSA) is 62.2 Å². The fraction of sp³-hybridized carbons (Fsp3) is 0.571. The van der Waals surface area contributed by atoms with Gasteiger partial charge in [-0.2, -0.15) is 0 Å². The van der Waals surface area contributed by atoms with Crippen molar-refractivity contribution < 1.29 is 9.90 Å². The Morgan fingerprint density at radius 3 is 2.83 bits per heavy atom. The fourth-order valence-corrected chi connectivity index (χ4v) is 2.67. The van der Waals surface area contributed by atoms with Gasteiger partial charge in [0.05, 0.1) is 5.92 Å². The number of carboxylic acids is 1. The summed E-state index contributed by atoms with van der Waals surface area (Å²) in [5.41, 5.74) is 1.20. The van der Waals surface area contributed by atoms with Gasteiger partial charge in [-0.05, 0) is 43.9 Å². The van der Waals surface area contributed by atoms with Crippen molar-refractivity contribution in [3.05, 3.63) is 30.1 Å². The first-order valence-corrected chi connectivity index (χ1v) is 6.55. The predicted molar refractivity (Wildman–Crippen MR) is 69.2 cm³/mol. The first kappa shape index (κ1) is 13.0. The highest BCUT2D eigenvalue weighted by Crippen LogP contribution is 2.26. The molecule has 3 atom stereocenters. The Hall–Kier alpha value is -1.42. The molecule has 2 unspecified atom stereocenters. The minimum absolute atomic E-state index is 0.180. The van der Waals surface area contributed by atoms with Crippen LogP contribution in [0.2, 0.25) is 0 Å². The van der Waals surface area contributed by atoms with Crippen LogP contribution in [0.1, 0.15) is 44.2 Å². The van der Waals surface area contributed by atoms with E-state index in [0.29, 0.717) is 6.04 Å². The molecule has 1 aromatic rings. The summed E-state index contributed by atoms with van der Waals surface area (Å²) in [7, 11) is 0. The van der Waals surface area contributed by atoms with Crippen molar-refractivity contribution in [3.63, 3.8) is 0 Å². The lowest BCUT2D eigenvalue weighted by molar-refractivity contribution is -0.143. The van der Waals surface area contributed by atoms with E-state index >= 15 is 0 Å². The maximum Gasteiger partial charge on any atom is 0.306 e. The molecule has 0 radical (unpaired) electrons. The van der Waals surface area contributed by atoms with Crippen LogP contribution in [0.5, 0.6) is 0 Å². The van der Waals surface area contributed by atoms with Crippen LogP contribution < -0.4 is 5.32 Å². The normalized spacial score (nSPS) is 25.6. The molecule has 0 spiro atoms. The average Bonchev–Trinajstić information content (AvgIpc) is 2.40. The molecule has 0 bridgehead atoms. The molecule has 0 aromatic carbocycles. The van der Waals surface area contributed by atoms with Gasteiger partial charge in [-0.3, -0.25) is 9.78 Å². The van der Waals surface area contributed by atoms with Crippen LogP contribution in [0.15, 0.2) is 24.5 Å². The number of rotatable bonds is 4. The highest BCUT2D eigenvalue weighted by atomic mass is 16.4. The SMILES string of the molecule is C[C@H](NC1CCCC(C(=O)O)C1)c1ccncc1. The lowest BCUT2D eigenvalue weighted by atomic mass is 9.85. The highest BCUT2D eigenvalue weighted by molar-refractivity contribution is 5.70. The summed E-state index contributed by atoms with van der Waals surface area (Å²) < 4.78 is 0. The lowest BCUT2D eigenvalue weighted by Gasteiger charge is -2.30. The van der Waals surface area contributed by atoms with E-state index in [-0.39, 0.29) is 12.0 Å². The van der Waals surface area contributed by atoms with Crippen LogP contribution in [0.25, 0.3) is 0 Å². The molecule has 4 nitrogen and oxygen atoms in total. The van der Waals surface area contributed by atoms with Gasteiger partial charge >= 0.3 is 5.97 Å². The summed E-state index contributed by atoms with van der Waals surface area (Å²) in [5, 5.41) is 12.6. The zero-order valence-corrected chi connectivity index (χ0v) is 10.7. The molecule has 1 aromatic heterocycles. The first-order chi connectivity index (χ1) is 8.66. The Bertz CT molecular complexity index is 394. The Labute approximate surface area is 107 Å². The molecule has 0 saturated heterocycles. The molecule has 1 aliphatic carbocycles. The largest absolute Gasteiger partial charge is 0.481 e. The third-order valence-electron chi connectivity index (χ3n) is 3.72. The Kier molecular flexibility index (Phi) is 4.31. The minimum Gasteiger partial charge on any atom is -0.481 e. The van der Waals surface area contributed by atoms with Gasteiger partial charge in [0.1, 0.15) is 0 Å². The van der Waals surface area contributed by atoms with Crippen molar-refractivity contribution in [1.29, 1.82) is 0 Å². The van der Waals surface area contributed by atoms with Crippen LogP contribution in [0, 0.1) is 5.92 Å². The number of nitrogens with zero attached hydrogens (tertiary/aromatic N) is 1. The Balaban J connectivity index is 1.91. The Morgan fingerprint density at radius 1 is 1.44 bits per heavy atom. The van der Waals surface area contributed by atoms with Gasteiger partial charge in [0.15, 0.2) is 0 Å². The highest BCUT2D eigenvalue weighted by Gasteiger charge is 2.27. The van der Waals surface area contributed by atoms with Gasteiger partial charge in [0.2, 0.25) is 0 Å². The van der Waals surface area contributed by atoms with Crippen molar-refractivity contribution in [2.24, 2.45) is 5.92 Å². The van der Waals surface area contributed by atoms with E-state index in [9.17, 15) is 4.79 Å². The standard InChI is InChI=1S/C14H20N2O2/c1-10(11-5-7-15-8-6-11)16-13-4-2-3-12(9-13)14(17)18/h5-8,10,12-13,16H,2-4,9H2,1H3,(H,17,18)/t10-,12?,13?/m0/s1. The van der Waals surface area contributed by atoms with E-state index in [2.05, 4.69) is 17.2 Å². The number of aromatic nitrogens is 1.